The van der Waals surface area contributed by atoms with E-state index in [2.05, 4.69) is 20.3 Å². The molecule has 0 atom stereocenters. The number of nitrogens with zero attached hydrogens (tertiary/aromatic N) is 2. The van der Waals surface area contributed by atoms with Gasteiger partial charge in [0.15, 0.2) is 0 Å². The number of aromatic nitrogens is 3. The highest BCUT2D eigenvalue weighted by Crippen LogP contribution is 2.31. The zero-order valence-electron chi connectivity index (χ0n) is 11.3. The number of fused-ring (bicyclic) bond motifs is 1. The largest absolute Gasteiger partial charge is 0.345 e. The van der Waals surface area contributed by atoms with Gasteiger partial charge in [-0.3, -0.25) is 9.78 Å². The number of carbonyl (C=O) groups is 1. The SMILES string of the molecule is O=C(Nc1ccc2c(-c3ccncc3)c[nH]c2n1)C1CC1. The predicted octanol–water partition coefficient (Wildman–Crippen LogP) is 2.97. The van der Waals surface area contributed by atoms with E-state index in [1.807, 2.05) is 30.5 Å². The third kappa shape index (κ3) is 2.27. The quantitative estimate of drug-likeness (QED) is 0.773. The molecule has 0 aliphatic heterocycles. The summed E-state index contributed by atoms with van der Waals surface area (Å²) in [6, 6.07) is 7.76. The van der Waals surface area contributed by atoms with Crippen LogP contribution in [0.5, 0.6) is 0 Å². The van der Waals surface area contributed by atoms with Gasteiger partial charge in [-0.15, -0.1) is 0 Å². The summed E-state index contributed by atoms with van der Waals surface area (Å²) in [5.74, 6) is 0.851. The van der Waals surface area contributed by atoms with Gasteiger partial charge in [0, 0.05) is 35.5 Å². The van der Waals surface area contributed by atoms with Crippen molar-refractivity contribution in [3.05, 3.63) is 42.9 Å². The van der Waals surface area contributed by atoms with Gasteiger partial charge < -0.3 is 10.3 Å². The summed E-state index contributed by atoms with van der Waals surface area (Å²) < 4.78 is 0. The molecule has 0 unspecified atom stereocenters. The molecule has 1 aliphatic rings. The number of nitrogens with one attached hydrogen (secondary N) is 2. The van der Waals surface area contributed by atoms with Crippen LogP contribution in [-0.4, -0.2) is 20.9 Å². The number of aromatic amines is 1. The fourth-order valence-electron chi connectivity index (χ4n) is 2.42. The summed E-state index contributed by atoms with van der Waals surface area (Å²) in [7, 11) is 0. The van der Waals surface area contributed by atoms with Crippen molar-refractivity contribution in [1.29, 1.82) is 0 Å². The van der Waals surface area contributed by atoms with E-state index >= 15 is 0 Å². The first-order valence-electron chi connectivity index (χ1n) is 7.00. The van der Waals surface area contributed by atoms with Crippen molar-refractivity contribution in [3.8, 4) is 11.1 Å². The van der Waals surface area contributed by atoms with E-state index < -0.39 is 0 Å². The third-order valence-electron chi connectivity index (χ3n) is 3.73. The lowest BCUT2D eigenvalue weighted by Crippen LogP contribution is -2.14. The number of hydrogen-bond donors (Lipinski definition) is 2. The van der Waals surface area contributed by atoms with Crippen LogP contribution in [0.25, 0.3) is 22.2 Å². The van der Waals surface area contributed by atoms with Gasteiger partial charge in [-0.25, -0.2) is 4.98 Å². The second kappa shape index (κ2) is 4.70. The maximum Gasteiger partial charge on any atom is 0.228 e. The zero-order chi connectivity index (χ0) is 14.2. The van der Waals surface area contributed by atoms with Crippen LogP contribution in [0.2, 0.25) is 0 Å². The molecular formula is C16H14N4O. The monoisotopic (exact) mass is 278 g/mol. The van der Waals surface area contributed by atoms with Crippen molar-refractivity contribution in [2.24, 2.45) is 5.92 Å². The molecule has 1 aliphatic carbocycles. The Hall–Kier alpha value is -2.69. The van der Waals surface area contributed by atoms with E-state index in [-0.39, 0.29) is 11.8 Å². The minimum absolute atomic E-state index is 0.0720. The van der Waals surface area contributed by atoms with Crippen LogP contribution in [0.4, 0.5) is 5.82 Å². The molecule has 3 heterocycles. The van der Waals surface area contributed by atoms with Crippen LogP contribution >= 0.6 is 0 Å². The Kier molecular flexibility index (Phi) is 2.70. The van der Waals surface area contributed by atoms with Gasteiger partial charge in [0.1, 0.15) is 11.5 Å². The summed E-state index contributed by atoms with van der Waals surface area (Å²) in [6.07, 6.45) is 7.45. The lowest BCUT2D eigenvalue weighted by molar-refractivity contribution is -0.117. The molecule has 5 heteroatoms. The molecule has 2 N–H and O–H groups in total. The average Bonchev–Trinajstić information content (AvgIpc) is 3.28. The maximum atomic E-state index is 11.8. The van der Waals surface area contributed by atoms with Crippen molar-refractivity contribution in [1.82, 2.24) is 15.0 Å². The molecule has 0 saturated heterocycles. The Morgan fingerprint density at radius 3 is 2.76 bits per heavy atom. The second-order valence-corrected chi connectivity index (χ2v) is 5.29. The van der Waals surface area contributed by atoms with Crippen molar-refractivity contribution in [2.45, 2.75) is 12.8 Å². The van der Waals surface area contributed by atoms with Crippen LogP contribution in [0, 0.1) is 5.92 Å². The maximum absolute atomic E-state index is 11.8. The van der Waals surface area contributed by atoms with Gasteiger partial charge in [0.25, 0.3) is 0 Å². The minimum atomic E-state index is 0.0720. The summed E-state index contributed by atoms with van der Waals surface area (Å²) in [5, 5.41) is 3.90. The Morgan fingerprint density at radius 1 is 1.19 bits per heavy atom. The van der Waals surface area contributed by atoms with Gasteiger partial charge in [-0.05, 0) is 42.7 Å². The molecule has 5 nitrogen and oxygen atoms in total. The fraction of sp³-hybridized carbons (Fsp3) is 0.188. The predicted molar refractivity (Wildman–Crippen MR) is 80.7 cm³/mol. The molecule has 3 aromatic heterocycles. The molecule has 0 aromatic carbocycles. The first-order chi connectivity index (χ1) is 10.3. The number of rotatable bonds is 3. The first-order valence-corrected chi connectivity index (χ1v) is 7.00. The molecule has 1 saturated carbocycles. The Bertz CT molecular complexity index is 806. The number of anilines is 1. The molecule has 4 rings (SSSR count). The van der Waals surface area contributed by atoms with Crippen LogP contribution in [0.1, 0.15) is 12.8 Å². The summed E-state index contributed by atoms with van der Waals surface area (Å²) in [4.78, 5) is 23.4. The smallest absolute Gasteiger partial charge is 0.228 e. The fourth-order valence-corrected chi connectivity index (χ4v) is 2.42. The van der Waals surface area contributed by atoms with E-state index in [9.17, 15) is 4.79 Å². The molecule has 1 amide bonds. The van der Waals surface area contributed by atoms with Crippen molar-refractivity contribution >= 4 is 22.8 Å². The van der Waals surface area contributed by atoms with Crippen LogP contribution in [0.3, 0.4) is 0 Å². The van der Waals surface area contributed by atoms with E-state index in [0.717, 1.165) is 35.0 Å². The van der Waals surface area contributed by atoms with Gasteiger partial charge >= 0.3 is 0 Å². The average molecular weight is 278 g/mol. The lowest BCUT2D eigenvalue weighted by atomic mass is 10.1. The number of amides is 1. The minimum Gasteiger partial charge on any atom is -0.345 e. The normalized spacial score (nSPS) is 14.3. The van der Waals surface area contributed by atoms with Crippen LogP contribution in [-0.2, 0) is 4.79 Å². The van der Waals surface area contributed by atoms with Gasteiger partial charge in [-0.2, -0.15) is 0 Å². The number of H-pyrrole nitrogens is 1. The first kappa shape index (κ1) is 12.1. The highest BCUT2D eigenvalue weighted by molar-refractivity contribution is 5.97. The van der Waals surface area contributed by atoms with E-state index in [1.54, 1.807) is 12.4 Å². The number of pyridine rings is 2. The standard InChI is InChI=1S/C16H14N4O/c21-16(11-1-2-11)20-14-4-3-12-13(9-18-15(12)19-14)10-5-7-17-8-6-10/h3-9,11H,1-2H2,(H2,18,19,20,21). The zero-order valence-corrected chi connectivity index (χ0v) is 11.3. The van der Waals surface area contributed by atoms with Crippen LogP contribution in [0.15, 0.2) is 42.9 Å². The van der Waals surface area contributed by atoms with E-state index in [1.165, 1.54) is 0 Å². The molecular weight excluding hydrogens is 264 g/mol. The highest BCUT2D eigenvalue weighted by atomic mass is 16.2. The summed E-state index contributed by atoms with van der Waals surface area (Å²) in [5.41, 5.74) is 2.95. The molecule has 104 valence electrons. The molecule has 0 radical (unpaired) electrons. The van der Waals surface area contributed by atoms with Gasteiger partial charge in [0.2, 0.25) is 5.91 Å². The van der Waals surface area contributed by atoms with Crippen molar-refractivity contribution < 1.29 is 4.79 Å². The van der Waals surface area contributed by atoms with Crippen LogP contribution < -0.4 is 5.32 Å². The Labute approximate surface area is 121 Å². The van der Waals surface area contributed by atoms with Gasteiger partial charge in [-0.1, -0.05) is 0 Å². The van der Waals surface area contributed by atoms with E-state index in [0.29, 0.717) is 5.82 Å². The lowest BCUT2D eigenvalue weighted by Gasteiger charge is -2.03. The topological polar surface area (TPSA) is 70.7 Å². The van der Waals surface area contributed by atoms with E-state index in [4.69, 9.17) is 0 Å². The third-order valence-corrected chi connectivity index (χ3v) is 3.73. The Morgan fingerprint density at radius 2 is 2.00 bits per heavy atom. The number of hydrogen-bond acceptors (Lipinski definition) is 3. The summed E-state index contributed by atoms with van der Waals surface area (Å²) >= 11 is 0. The highest BCUT2D eigenvalue weighted by Gasteiger charge is 2.29. The molecule has 0 bridgehead atoms. The molecule has 1 fully saturated rings. The molecule has 3 aromatic rings. The van der Waals surface area contributed by atoms with Crippen molar-refractivity contribution in [2.75, 3.05) is 5.32 Å². The Balaban J connectivity index is 1.68. The van der Waals surface area contributed by atoms with Gasteiger partial charge in [0.05, 0.1) is 0 Å². The van der Waals surface area contributed by atoms with Crippen molar-refractivity contribution in [3.63, 3.8) is 0 Å². The second-order valence-electron chi connectivity index (χ2n) is 5.29. The summed E-state index contributed by atoms with van der Waals surface area (Å²) in [6.45, 7) is 0. The number of carbonyl (C=O) groups excluding carboxylic acids is 1. The molecule has 21 heavy (non-hydrogen) atoms. The molecule has 0 spiro atoms.